The Balaban J connectivity index is 2.27. The number of hydrogen-bond acceptors (Lipinski definition) is 4. The molecule has 1 unspecified atom stereocenters. The van der Waals surface area contributed by atoms with Crippen LogP contribution in [-0.2, 0) is 4.74 Å². The van der Waals surface area contributed by atoms with Crippen molar-refractivity contribution in [3.63, 3.8) is 0 Å². The second kappa shape index (κ2) is 6.02. The fraction of sp³-hybridized carbons (Fsp3) is 0.800. The van der Waals surface area contributed by atoms with Crippen LogP contribution in [0.4, 0.5) is 13.6 Å². The van der Waals surface area contributed by atoms with Crippen LogP contribution in [0.25, 0.3) is 0 Å². The minimum atomic E-state index is -1.68. The van der Waals surface area contributed by atoms with Crippen LogP contribution < -0.4 is 5.32 Å². The van der Waals surface area contributed by atoms with Gasteiger partial charge in [0.2, 0.25) is 0 Å². The number of carbonyl (C=O) groups is 1. The number of hydrogen-bond donors (Lipinski definition) is 1. The molecule has 1 atom stereocenters. The predicted molar refractivity (Wildman–Crippen MR) is 79.3 cm³/mol. The first kappa shape index (κ1) is 17.0. The molecule has 22 heavy (non-hydrogen) atoms. The first-order valence-electron chi connectivity index (χ1n) is 7.54. The van der Waals surface area contributed by atoms with Crippen molar-refractivity contribution in [2.75, 3.05) is 27.9 Å². The molecular weight excluding hydrogens is 292 g/mol. The summed E-state index contributed by atoms with van der Waals surface area (Å²) in [4.78, 5) is 11.6. The van der Waals surface area contributed by atoms with E-state index in [0.717, 1.165) is 5.57 Å². The third kappa shape index (κ3) is 2.78. The number of rotatable bonds is 4. The zero-order valence-electron chi connectivity index (χ0n) is 13.8. The number of halogens is 2. The molecule has 5 nitrogen and oxygen atoms in total. The molecule has 1 amide bonds. The Labute approximate surface area is 130 Å². The van der Waals surface area contributed by atoms with Crippen molar-refractivity contribution in [1.29, 1.82) is 0 Å². The summed E-state index contributed by atoms with van der Waals surface area (Å²) < 4.78 is 31.3. The topological polar surface area (TPSA) is 44.8 Å². The van der Waals surface area contributed by atoms with Gasteiger partial charge in [0.05, 0.1) is 13.2 Å². The molecule has 1 fully saturated rings. The summed E-state index contributed by atoms with van der Waals surface area (Å²) in [5, 5.41) is 6.56. The van der Waals surface area contributed by atoms with E-state index in [9.17, 15) is 13.6 Å². The average molecular weight is 317 g/mol. The second-order valence-electron chi connectivity index (χ2n) is 6.57. The van der Waals surface area contributed by atoms with E-state index in [1.165, 1.54) is 7.11 Å². The van der Waals surface area contributed by atoms with Crippen LogP contribution in [-0.4, -0.2) is 55.7 Å². The molecule has 1 aliphatic heterocycles. The summed E-state index contributed by atoms with van der Waals surface area (Å²) in [6, 6.07) is -0.0346. The van der Waals surface area contributed by atoms with Crippen LogP contribution in [0.1, 0.15) is 26.7 Å². The monoisotopic (exact) mass is 317 g/mol. The smallest absolute Gasteiger partial charge is 0.412 e. The van der Waals surface area contributed by atoms with E-state index in [1.807, 2.05) is 38.0 Å². The first-order valence-corrected chi connectivity index (χ1v) is 7.54. The Morgan fingerprint density at radius 2 is 2.05 bits per heavy atom. The Kier molecular flexibility index (Phi) is 4.65. The Morgan fingerprint density at radius 1 is 1.45 bits per heavy atom. The fourth-order valence-electron chi connectivity index (χ4n) is 3.56. The van der Waals surface area contributed by atoms with Crippen LogP contribution in [0.2, 0.25) is 0 Å². The third-order valence-corrected chi connectivity index (χ3v) is 4.76. The minimum Gasteiger partial charge on any atom is -0.453 e. The van der Waals surface area contributed by atoms with E-state index >= 15 is 0 Å². The molecule has 0 aromatic rings. The highest BCUT2D eigenvalue weighted by molar-refractivity contribution is 5.69. The number of alkyl halides is 2. The number of likely N-dealkylation sites (N-methyl/N-ethyl adjacent to an activating group) is 1. The van der Waals surface area contributed by atoms with Crippen molar-refractivity contribution >= 4 is 6.09 Å². The van der Waals surface area contributed by atoms with Crippen LogP contribution in [0, 0.1) is 11.8 Å². The third-order valence-electron chi connectivity index (χ3n) is 4.76. The number of hydrazine groups is 1. The lowest BCUT2D eigenvalue weighted by molar-refractivity contribution is -0.0661. The molecule has 126 valence electrons. The van der Waals surface area contributed by atoms with Crippen molar-refractivity contribution in [2.24, 2.45) is 11.8 Å². The molecule has 7 heteroatoms. The van der Waals surface area contributed by atoms with Gasteiger partial charge in [-0.2, -0.15) is 0 Å². The Bertz CT molecular complexity index is 475. The zero-order chi connectivity index (χ0) is 16.7. The van der Waals surface area contributed by atoms with Crippen molar-refractivity contribution in [3.05, 3.63) is 11.4 Å². The van der Waals surface area contributed by atoms with Gasteiger partial charge in [0.15, 0.2) is 0 Å². The summed E-state index contributed by atoms with van der Waals surface area (Å²) in [5.41, 5.74) is -0.647. The van der Waals surface area contributed by atoms with Crippen LogP contribution in [0.3, 0.4) is 0 Å². The van der Waals surface area contributed by atoms with Crippen molar-refractivity contribution < 1.29 is 18.3 Å². The maximum absolute atomic E-state index is 13.9. The van der Waals surface area contributed by atoms with E-state index in [0.29, 0.717) is 5.82 Å². The number of amides is 1. The van der Waals surface area contributed by atoms with Crippen molar-refractivity contribution in [3.8, 4) is 0 Å². The van der Waals surface area contributed by atoms with E-state index in [-0.39, 0.29) is 30.7 Å². The summed E-state index contributed by atoms with van der Waals surface area (Å²) in [5.74, 6) is 0.887. The molecule has 0 aromatic carbocycles. The lowest BCUT2D eigenvalue weighted by Gasteiger charge is -2.46. The first-order chi connectivity index (χ1) is 10.2. The molecule has 0 bridgehead atoms. The molecule has 0 radical (unpaired) electrons. The number of methoxy groups -OCH3 is 1. The number of alkyl carbamates (subject to hydrolysis) is 1. The minimum absolute atomic E-state index is 0.0346. The number of nitrogens with zero attached hydrogens (tertiary/aromatic N) is 2. The number of carbonyl (C=O) groups excluding carboxylic acids is 1. The van der Waals surface area contributed by atoms with E-state index in [1.54, 1.807) is 0 Å². The highest BCUT2D eigenvalue weighted by Crippen LogP contribution is 2.49. The maximum atomic E-state index is 13.9. The molecule has 1 aliphatic carbocycles. The molecule has 0 aromatic heterocycles. The van der Waals surface area contributed by atoms with E-state index in [2.05, 4.69) is 10.1 Å². The predicted octanol–water partition coefficient (Wildman–Crippen LogP) is 2.46. The van der Waals surface area contributed by atoms with Crippen LogP contribution in [0.15, 0.2) is 11.4 Å². The molecular formula is C15H25F2N3O2. The highest BCUT2D eigenvalue weighted by atomic mass is 19.2. The van der Waals surface area contributed by atoms with Gasteiger partial charge in [-0.1, -0.05) is 13.8 Å². The lowest BCUT2D eigenvalue weighted by Crippen LogP contribution is -2.52. The SMILES string of the molecule is COC(=O)NC1=C(C(C)C)C(C2CC(F)(CF)C2)N(C)N1C. The van der Waals surface area contributed by atoms with Gasteiger partial charge in [-0.3, -0.25) is 10.3 Å². The quantitative estimate of drug-likeness (QED) is 0.865. The zero-order valence-corrected chi connectivity index (χ0v) is 13.8. The summed E-state index contributed by atoms with van der Waals surface area (Å²) in [7, 11) is 5.04. The van der Waals surface area contributed by atoms with Crippen molar-refractivity contribution in [2.45, 2.75) is 38.4 Å². The highest BCUT2D eigenvalue weighted by Gasteiger charge is 2.53. The van der Waals surface area contributed by atoms with Gasteiger partial charge in [-0.05, 0) is 30.3 Å². The normalized spacial score (nSPS) is 32.5. The molecule has 0 spiro atoms. The van der Waals surface area contributed by atoms with Crippen LogP contribution >= 0.6 is 0 Å². The van der Waals surface area contributed by atoms with Gasteiger partial charge < -0.3 is 4.74 Å². The van der Waals surface area contributed by atoms with Gasteiger partial charge in [-0.15, -0.1) is 0 Å². The maximum Gasteiger partial charge on any atom is 0.412 e. The number of ether oxygens (including phenoxy) is 1. The summed E-state index contributed by atoms with van der Waals surface area (Å²) >= 11 is 0. The van der Waals surface area contributed by atoms with Gasteiger partial charge in [0.1, 0.15) is 18.2 Å². The number of nitrogens with one attached hydrogen (secondary N) is 1. The largest absolute Gasteiger partial charge is 0.453 e. The summed E-state index contributed by atoms with van der Waals surface area (Å²) in [6.07, 6.45) is -0.103. The molecule has 2 rings (SSSR count). The van der Waals surface area contributed by atoms with E-state index < -0.39 is 18.4 Å². The molecule has 2 aliphatic rings. The van der Waals surface area contributed by atoms with E-state index in [4.69, 9.17) is 0 Å². The Morgan fingerprint density at radius 3 is 2.50 bits per heavy atom. The van der Waals surface area contributed by atoms with Crippen molar-refractivity contribution in [1.82, 2.24) is 15.3 Å². The van der Waals surface area contributed by atoms with Gasteiger partial charge >= 0.3 is 6.09 Å². The molecule has 1 heterocycles. The van der Waals surface area contributed by atoms with Gasteiger partial charge in [0, 0.05) is 14.1 Å². The second-order valence-corrected chi connectivity index (χ2v) is 6.57. The molecule has 1 saturated carbocycles. The molecule has 1 N–H and O–H groups in total. The fourth-order valence-corrected chi connectivity index (χ4v) is 3.56. The van der Waals surface area contributed by atoms with Crippen LogP contribution in [0.5, 0.6) is 0 Å². The van der Waals surface area contributed by atoms with Gasteiger partial charge in [0.25, 0.3) is 0 Å². The van der Waals surface area contributed by atoms with Gasteiger partial charge in [-0.25, -0.2) is 18.6 Å². The summed E-state index contributed by atoms with van der Waals surface area (Å²) in [6.45, 7) is 3.14. The standard InChI is InChI=1S/C15H25F2N3O2/c1-9(2)11-12(10-6-15(17,7-10)8-16)19(3)20(4)13(11)18-14(21)22-5/h9-10,12H,6-8H2,1-5H3,(H,18,21). The lowest BCUT2D eigenvalue weighted by atomic mass is 9.67. The molecule has 0 saturated heterocycles. The average Bonchev–Trinajstić information content (AvgIpc) is 2.68. The Hall–Kier alpha value is -1.37.